The van der Waals surface area contributed by atoms with E-state index in [2.05, 4.69) is 4.74 Å². The van der Waals surface area contributed by atoms with Gasteiger partial charge in [-0.1, -0.05) is 0 Å². The fourth-order valence-corrected chi connectivity index (χ4v) is 1.54. The van der Waals surface area contributed by atoms with E-state index in [1.54, 1.807) is 20.0 Å². The first-order valence-electron chi connectivity index (χ1n) is 5.53. The minimum Gasteiger partial charge on any atom is -0.469 e. The molecule has 0 saturated carbocycles. The highest BCUT2D eigenvalue weighted by Gasteiger charge is 2.14. The molecule has 0 bridgehead atoms. The number of ether oxygens (including phenoxy) is 1. The first-order chi connectivity index (χ1) is 8.43. The number of carbonyl (C=O) groups is 2. The third-order valence-electron chi connectivity index (χ3n) is 2.51. The van der Waals surface area contributed by atoms with E-state index in [-0.39, 0.29) is 30.4 Å². The minimum absolute atomic E-state index is 0.118. The molecule has 0 heterocycles. The van der Waals surface area contributed by atoms with Crippen molar-refractivity contribution in [3.05, 3.63) is 35.1 Å². The molecular weight excluding hydrogens is 237 g/mol. The summed E-state index contributed by atoms with van der Waals surface area (Å²) in [5.74, 6) is -1.15. The number of methoxy groups -OCH3 is 1. The van der Waals surface area contributed by atoms with E-state index in [9.17, 15) is 14.0 Å². The van der Waals surface area contributed by atoms with Crippen molar-refractivity contribution in [1.29, 1.82) is 0 Å². The third-order valence-corrected chi connectivity index (χ3v) is 2.51. The molecule has 4 nitrogen and oxygen atoms in total. The molecular formula is C13H16FNO3. The second-order valence-corrected chi connectivity index (χ2v) is 4.07. The van der Waals surface area contributed by atoms with Gasteiger partial charge in [0.05, 0.1) is 13.5 Å². The van der Waals surface area contributed by atoms with Gasteiger partial charge >= 0.3 is 5.97 Å². The molecule has 1 amide bonds. The second kappa shape index (κ2) is 6.14. The van der Waals surface area contributed by atoms with Crippen LogP contribution in [0.2, 0.25) is 0 Å². The van der Waals surface area contributed by atoms with Crippen LogP contribution in [0.4, 0.5) is 4.39 Å². The van der Waals surface area contributed by atoms with E-state index >= 15 is 0 Å². The van der Waals surface area contributed by atoms with E-state index in [1.807, 2.05) is 0 Å². The highest BCUT2D eigenvalue weighted by Crippen LogP contribution is 2.10. The van der Waals surface area contributed by atoms with Crippen LogP contribution in [-0.2, 0) is 9.53 Å². The van der Waals surface area contributed by atoms with Crippen LogP contribution >= 0.6 is 0 Å². The molecule has 0 radical (unpaired) electrons. The Hall–Kier alpha value is -1.91. The predicted molar refractivity (Wildman–Crippen MR) is 64.7 cm³/mol. The van der Waals surface area contributed by atoms with Crippen LogP contribution in [0.15, 0.2) is 18.2 Å². The molecule has 0 fully saturated rings. The molecule has 0 unspecified atom stereocenters. The van der Waals surface area contributed by atoms with Gasteiger partial charge in [0.1, 0.15) is 5.82 Å². The maximum absolute atomic E-state index is 13.2. The number of aryl methyl sites for hydroxylation is 1. The molecule has 0 aliphatic heterocycles. The van der Waals surface area contributed by atoms with Gasteiger partial charge in [-0.3, -0.25) is 9.59 Å². The largest absolute Gasteiger partial charge is 0.469 e. The lowest BCUT2D eigenvalue weighted by Crippen LogP contribution is -2.29. The number of amides is 1. The quantitative estimate of drug-likeness (QED) is 0.768. The fourth-order valence-electron chi connectivity index (χ4n) is 1.54. The summed E-state index contributed by atoms with van der Waals surface area (Å²) in [5, 5.41) is 0. The summed E-state index contributed by atoms with van der Waals surface area (Å²) in [4.78, 5) is 24.3. The summed E-state index contributed by atoms with van der Waals surface area (Å²) < 4.78 is 17.7. The Balaban J connectivity index is 2.71. The van der Waals surface area contributed by atoms with Gasteiger partial charge in [-0.25, -0.2) is 4.39 Å². The van der Waals surface area contributed by atoms with Crippen molar-refractivity contribution in [1.82, 2.24) is 4.90 Å². The summed E-state index contributed by atoms with van der Waals surface area (Å²) in [6, 6.07) is 4.15. The van der Waals surface area contributed by atoms with Gasteiger partial charge < -0.3 is 9.64 Å². The van der Waals surface area contributed by atoms with Gasteiger partial charge in [0, 0.05) is 19.2 Å². The van der Waals surface area contributed by atoms with Gasteiger partial charge in [-0.2, -0.15) is 0 Å². The third kappa shape index (κ3) is 3.84. The first kappa shape index (κ1) is 14.2. The Kier molecular flexibility index (Phi) is 4.83. The molecule has 1 rings (SSSR count). The van der Waals surface area contributed by atoms with Crippen LogP contribution in [-0.4, -0.2) is 37.5 Å². The van der Waals surface area contributed by atoms with Crippen molar-refractivity contribution < 1.29 is 18.7 Å². The molecule has 98 valence electrons. The molecule has 0 N–H and O–H groups in total. The number of nitrogens with zero attached hydrogens (tertiary/aromatic N) is 1. The maximum atomic E-state index is 13.2. The van der Waals surface area contributed by atoms with Crippen LogP contribution < -0.4 is 0 Å². The predicted octanol–water partition coefficient (Wildman–Crippen LogP) is 1.77. The molecule has 1 aromatic carbocycles. The number of benzene rings is 1. The molecule has 5 heteroatoms. The summed E-state index contributed by atoms with van der Waals surface area (Å²) in [5.41, 5.74) is 0.958. The molecule has 0 aliphatic carbocycles. The highest BCUT2D eigenvalue weighted by atomic mass is 19.1. The van der Waals surface area contributed by atoms with Crippen LogP contribution in [0.1, 0.15) is 22.3 Å². The number of esters is 1. The van der Waals surface area contributed by atoms with Crippen LogP contribution in [0.5, 0.6) is 0 Å². The second-order valence-electron chi connectivity index (χ2n) is 4.07. The lowest BCUT2D eigenvalue weighted by molar-refractivity contribution is -0.140. The van der Waals surface area contributed by atoms with Gasteiger partial charge in [0.25, 0.3) is 5.91 Å². The number of carbonyl (C=O) groups excluding carboxylic acids is 2. The number of hydrogen-bond donors (Lipinski definition) is 0. The zero-order valence-electron chi connectivity index (χ0n) is 10.7. The Labute approximate surface area is 105 Å². The van der Waals surface area contributed by atoms with Crippen molar-refractivity contribution >= 4 is 11.9 Å². The molecule has 0 aromatic heterocycles. The lowest BCUT2D eigenvalue weighted by Gasteiger charge is -2.16. The van der Waals surface area contributed by atoms with Gasteiger partial charge in [0.2, 0.25) is 0 Å². The zero-order valence-corrected chi connectivity index (χ0v) is 10.7. The van der Waals surface area contributed by atoms with Gasteiger partial charge in [-0.15, -0.1) is 0 Å². The smallest absolute Gasteiger partial charge is 0.307 e. The normalized spacial score (nSPS) is 10.0. The molecule has 1 aromatic rings. The van der Waals surface area contributed by atoms with Crippen molar-refractivity contribution in [2.45, 2.75) is 13.3 Å². The molecule has 0 saturated heterocycles. The maximum Gasteiger partial charge on any atom is 0.307 e. The lowest BCUT2D eigenvalue weighted by atomic mass is 10.1. The Morgan fingerprint density at radius 2 is 2.00 bits per heavy atom. The number of rotatable bonds is 4. The minimum atomic E-state index is -0.445. The molecule has 0 atom stereocenters. The first-order valence-corrected chi connectivity index (χ1v) is 5.53. The Morgan fingerprint density at radius 3 is 2.56 bits per heavy atom. The van der Waals surface area contributed by atoms with Crippen molar-refractivity contribution in [3.63, 3.8) is 0 Å². The molecule has 18 heavy (non-hydrogen) atoms. The SMILES string of the molecule is COC(=O)CCN(C)C(=O)c1cc(C)cc(F)c1. The summed E-state index contributed by atoms with van der Waals surface area (Å²) in [6.07, 6.45) is 0.118. The van der Waals surface area contributed by atoms with E-state index < -0.39 is 5.82 Å². The van der Waals surface area contributed by atoms with Gasteiger partial charge in [0.15, 0.2) is 0 Å². The fraction of sp³-hybridized carbons (Fsp3) is 0.385. The Bertz CT molecular complexity index is 439. The van der Waals surface area contributed by atoms with Gasteiger partial charge in [-0.05, 0) is 30.7 Å². The number of hydrogen-bond acceptors (Lipinski definition) is 3. The summed E-state index contributed by atoms with van der Waals surface area (Å²) in [7, 11) is 2.85. The summed E-state index contributed by atoms with van der Waals surface area (Å²) >= 11 is 0. The Morgan fingerprint density at radius 1 is 1.33 bits per heavy atom. The zero-order chi connectivity index (χ0) is 13.7. The van der Waals surface area contributed by atoms with E-state index in [0.717, 1.165) is 0 Å². The number of halogens is 1. The van der Waals surface area contributed by atoms with Crippen molar-refractivity contribution in [3.8, 4) is 0 Å². The van der Waals surface area contributed by atoms with Crippen molar-refractivity contribution in [2.75, 3.05) is 20.7 Å². The monoisotopic (exact) mass is 253 g/mol. The van der Waals surface area contributed by atoms with Crippen LogP contribution in [0.3, 0.4) is 0 Å². The molecule has 0 spiro atoms. The van der Waals surface area contributed by atoms with Crippen LogP contribution in [0.25, 0.3) is 0 Å². The highest BCUT2D eigenvalue weighted by molar-refractivity contribution is 5.94. The van der Waals surface area contributed by atoms with Crippen LogP contribution in [0, 0.1) is 12.7 Å². The van der Waals surface area contributed by atoms with E-state index in [1.165, 1.54) is 24.1 Å². The average Bonchev–Trinajstić information content (AvgIpc) is 2.33. The van der Waals surface area contributed by atoms with E-state index in [0.29, 0.717) is 5.56 Å². The van der Waals surface area contributed by atoms with Crippen molar-refractivity contribution in [2.24, 2.45) is 0 Å². The standard InChI is InChI=1S/C13H16FNO3/c1-9-6-10(8-11(14)7-9)13(17)15(2)5-4-12(16)18-3/h6-8H,4-5H2,1-3H3. The average molecular weight is 253 g/mol. The topological polar surface area (TPSA) is 46.6 Å². The van der Waals surface area contributed by atoms with E-state index in [4.69, 9.17) is 0 Å². The summed E-state index contributed by atoms with van der Waals surface area (Å²) in [6.45, 7) is 1.95. The molecule has 0 aliphatic rings.